The Bertz CT molecular complexity index is 549. The number of hydrogen-bond donors (Lipinski definition) is 1. The fourth-order valence-corrected chi connectivity index (χ4v) is 1.96. The molecule has 5 heteroatoms. The summed E-state index contributed by atoms with van der Waals surface area (Å²) in [4.78, 5) is 4.12. The molecular weight excluding hydrogens is 242 g/mol. The molecular formula is C14H19N3O2. The van der Waals surface area contributed by atoms with Crippen molar-refractivity contribution >= 4 is 0 Å². The van der Waals surface area contributed by atoms with Crippen LogP contribution < -0.4 is 10.5 Å². The third kappa shape index (κ3) is 3.54. The molecule has 0 spiro atoms. The number of benzene rings is 1. The average Bonchev–Trinajstić information content (AvgIpc) is 2.73. The van der Waals surface area contributed by atoms with Crippen molar-refractivity contribution < 1.29 is 9.26 Å². The van der Waals surface area contributed by atoms with E-state index in [0.717, 1.165) is 23.3 Å². The van der Waals surface area contributed by atoms with Gasteiger partial charge >= 0.3 is 0 Å². The molecule has 0 aliphatic heterocycles. The third-order valence-corrected chi connectivity index (χ3v) is 2.75. The zero-order valence-electron chi connectivity index (χ0n) is 11.5. The lowest BCUT2D eigenvalue weighted by Crippen LogP contribution is -2.18. The van der Waals surface area contributed by atoms with Crippen LogP contribution in [0.25, 0.3) is 0 Å². The summed E-state index contributed by atoms with van der Waals surface area (Å²) in [6.07, 6.45) is 0.780. The maximum absolute atomic E-state index is 5.86. The van der Waals surface area contributed by atoms with Gasteiger partial charge in [-0.25, -0.2) is 0 Å². The first-order valence-corrected chi connectivity index (χ1v) is 6.32. The highest BCUT2D eigenvalue weighted by Gasteiger charge is 2.10. The minimum Gasteiger partial charge on any atom is -0.485 e. The monoisotopic (exact) mass is 261 g/mol. The minimum absolute atomic E-state index is 0.0940. The Balaban J connectivity index is 2.14. The molecule has 2 N–H and O–H groups in total. The number of aryl methyl sites for hydroxylation is 2. The smallest absolute Gasteiger partial charge is 0.223 e. The van der Waals surface area contributed by atoms with E-state index in [1.807, 2.05) is 32.0 Å². The van der Waals surface area contributed by atoms with E-state index < -0.39 is 0 Å². The van der Waals surface area contributed by atoms with Gasteiger partial charge in [-0.05, 0) is 31.4 Å². The Morgan fingerprint density at radius 1 is 1.37 bits per heavy atom. The molecule has 0 saturated heterocycles. The minimum atomic E-state index is 0.0940. The standard InChI is InChI=1S/C14H19N3O2/c1-9-5-4-6-12(7-10(2)15)14(9)18-8-13-16-11(3)19-17-13/h4-6,10H,7-8,15H2,1-3H3. The molecule has 1 heterocycles. The lowest BCUT2D eigenvalue weighted by atomic mass is 10.0. The predicted molar refractivity (Wildman–Crippen MR) is 71.9 cm³/mol. The van der Waals surface area contributed by atoms with Crippen LogP contribution in [0, 0.1) is 13.8 Å². The highest BCUT2D eigenvalue weighted by Crippen LogP contribution is 2.25. The molecule has 5 nitrogen and oxygen atoms in total. The van der Waals surface area contributed by atoms with Crippen LogP contribution in [-0.4, -0.2) is 16.2 Å². The van der Waals surface area contributed by atoms with Crippen molar-refractivity contribution in [3.05, 3.63) is 41.0 Å². The first kappa shape index (κ1) is 13.5. The lowest BCUT2D eigenvalue weighted by Gasteiger charge is -2.14. The summed E-state index contributed by atoms with van der Waals surface area (Å²) < 4.78 is 10.7. The summed E-state index contributed by atoms with van der Waals surface area (Å²) in [5.74, 6) is 1.95. The molecule has 0 amide bonds. The summed E-state index contributed by atoms with van der Waals surface area (Å²) in [6, 6.07) is 6.16. The van der Waals surface area contributed by atoms with Crippen molar-refractivity contribution in [2.45, 2.75) is 39.8 Å². The van der Waals surface area contributed by atoms with Gasteiger partial charge in [0.25, 0.3) is 0 Å². The van der Waals surface area contributed by atoms with Gasteiger partial charge in [0.2, 0.25) is 11.7 Å². The van der Waals surface area contributed by atoms with E-state index in [1.54, 1.807) is 6.92 Å². The van der Waals surface area contributed by atoms with Crippen molar-refractivity contribution in [2.75, 3.05) is 0 Å². The molecule has 0 aliphatic rings. The highest BCUT2D eigenvalue weighted by atomic mass is 16.5. The van der Waals surface area contributed by atoms with Crippen LogP contribution in [0.4, 0.5) is 0 Å². The fraction of sp³-hybridized carbons (Fsp3) is 0.429. The Morgan fingerprint density at radius 3 is 2.79 bits per heavy atom. The molecule has 1 atom stereocenters. The summed E-state index contributed by atoms with van der Waals surface area (Å²) in [5, 5.41) is 3.82. The van der Waals surface area contributed by atoms with E-state index in [-0.39, 0.29) is 6.04 Å². The fourth-order valence-electron chi connectivity index (χ4n) is 1.96. The SMILES string of the molecule is Cc1nc(COc2c(C)cccc2CC(C)N)no1. The summed E-state index contributed by atoms with van der Waals surface area (Å²) in [5.41, 5.74) is 8.05. The number of nitrogens with zero attached hydrogens (tertiary/aromatic N) is 2. The predicted octanol–water partition coefficient (Wildman–Crippen LogP) is 2.16. The summed E-state index contributed by atoms with van der Waals surface area (Å²) >= 11 is 0. The van der Waals surface area contributed by atoms with Crippen LogP contribution in [0.5, 0.6) is 5.75 Å². The van der Waals surface area contributed by atoms with Crippen LogP contribution in [0.15, 0.2) is 22.7 Å². The molecule has 1 aromatic heterocycles. The van der Waals surface area contributed by atoms with Crippen LogP contribution in [0.2, 0.25) is 0 Å². The van der Waals surface area contributed by atoms with Crippen LogP contribution in [0.1, 0.15) is 29.8 Å². The van der Waals surface area contributed by atoms with Gasteiger partial charge in [0.15, 0.2) is 6.61 Å². The van der Waals surface area contributed by atoms with Crippen molar-refractivity contribution in [2.24, 2.45) is 5.73 Å². The molecule has 1 aromatic carbocycles. The molecule has 0 aliphatic carbocycles. The summed E-state index contributed by atoms with van der Waals surface area (Å²) in [7, 11) is 0. The number of ether oxygens (including phenoxy) is 1. The zero-order valence-corrected chi connectivity index (χ0v) is 11.5. The van der Waals surface area contributed by atoms with E-state index in [0.29, 0.717) is 18.3 Å². The van der Waals surface area contributed by atoms with Crippen molar-refractivity contribution in [1.29, 1.82) is 0 Å². The van der Waals surface area contributed by atoms with Crippen LogP contribution in [0.3, 0.4) is 0 Å². The number of nitrogens with two attached hydrogens (primary N) is 1. The van der Waals surface area contributed by atoms with E-state index in [1.165, 1.54) is 0 Å². The van der Waals surface area contributed by atoms with Crippen LogP contribution >= 0.6 is 0 Å². The van der Waals surface area contributed by atoms with Gasteiger partial charge in [0.05, 0.1) is 0 Å². The average molecular weight is 261 g/mol. The maximum atomic E-state index is 5.86. The zero-order chi connectivity index (χ0) is 13.8. The topological polar surface area (TPSA) is 74.2 Å². The molecule has 2 aromatic rings. The Kier molecular flexibility index (Phi) is 4.16. The maximum Gasteiger partial charge on any atom is 0.223 e. The molecule has 2 rings (SSSR count). The highest BCUT2D eigenvalue weighted by molar-refractivity contribution is 5.41. The van der Waals surface area contributed by atoms with Gasteiger partial charge in [-0.2, -0.15) is 4.98 Å². The van der Waals surface area contributed by atoms with Crippen molar-refractivity contribution in [3.63, 3.8) is 0 Å². The van der Waals surface area contributed by atoms with Crippen LogP contribution in [-0.2, 0) is 13.0 Å². The van der Waals surface area contributed by atoms with E-state index in [2.05, 4.69) is 10.1 Å². The largest absolute Gasteiger partial charge is 0.485 e. The summed E-state index contributed by atoms with van der Waals surface area (Å²) in [6.45, 7) is 6.05. The van der Waals surface area contributed by atoms with E-state index in [4.69, 9.17) is 15.0 Å². The van der Waals surface area contributed by atoms with Gasteiger partial charge in [-0.15, -0.1) is 0 Å². The van der Waals surface area contributed by atoms with Gasteiger partial charge in [0, 0.05) is 13.0 Å². The Hall–Kier alpha value is -1.88. The molecule has 0 radical (unpaired) electrons. The molecule has 0 saturated carbocycles. The van der Waals surface area contributed by atoms with Gasteiger partial charge in [-0.3, -0.25) is 0 Å². The van der Waals surface area contributed by atoms with E-state index in [9.17, 15) is 0 Å². The van der Waals surface area contributed by atoms with Crippen molar-refractivity contribution in [1.82, 2.24) is 10.1 Å². The lowest BCUT2D eigenvalue weighted by molar-refractivity contribution is 0.281. The second-order valence-electron chi connectivity index (χ2n) is 4.76. The molecule has 0 fully saturated rings. The molecule has 19 heavy (non-hydrogen) atoms. The van der Waals surface area contributed by atoms with Gasteiger partial charge < -0.3 is 15.0 Å². The molecule has 102 valence electrons. The van der Waals surface area contributed by atoms with Crippen molar-refractivity contribution in [3.8, 4) is 5.75 Å². The van der Waals surface area contributed by atoms with Gasteiger partial charge in [-0.1, -0.05) is 23.4 Å². The molecule has 1 unspecified atom stereocenters. The molecule has 0 bridgehead atoms. The second kappa shape index (κ2) is 5.84. The number of para-hydroxylation sites is 1. The number of aromatic nitrogens is 2. The van der Waals surface area contributed by atoms with Gasteiger partial charge in [0.1, 0.15) is 5.75 Å². The third-order valence-electron chi connectivity index (χ3n) is 2.75. The normalized spacial score (nSPS) is 12.4. The Morgan fingerprint density at radius 2 is 2.16 bits per heavy atom. The second-order valence-corrected chi connectivity index (χ2v) is 4.76. The Labute approximate surface area is 112 Å². The quantitative estimate of drug-likeness (QED) is 0.892. The van der Waals surface area contributed by atoms with E-state index >= 15 is 0 Å². The first-order chi connectivity index (χ1) is 9.06. The number of hydrogen-bond acceptors (Lipinski definition) is 5. The number of rotatable bonds is 5. The first-order valence-electron chi connectivity index (χ1n) is 6.32.